The highest BCUT2D eigenvalue weighted by molar-refractivity contribution is 7.80. The average molecular weight is 150 g/mol. The number of thiocarbonyl (C=S) groups is 1. The molecular formula is C5H8ClNS. The van der Waals surface area contributed by atoms with Crippen molar-refractivity contribution >= 4 is 28.8 Å². The van der Waals surface area contributed by atoms with Crippen LogP contribution >= 0.6 is 23.8 Å². The number of hydrogen-bond donors (Lipinski definition) is 1. The Morgan fingerprint density at radius 2 is 2.38 bits per heavy atom. The molecule has 3 heteroatoms. The van der Waals surface area contributed by atoms with Crippen LogP contribution < -0.4 is 5.32 Å². The predicted molar refractivity (Wildman–Crippen MR) is 41.3 cm³/mol. The van der Waals surface area contributed by atoms with Crippen LogP contribution in [0.15, 0.2) is 11.6 Å². The van der Waals surface area contributed by atoms with Crippen LogP contribution in [-0.4, -0.2) is 11.5 Å². The van der Waals surface area contributed by atoms with Crippen LogP contribution in [-0.2, 0) is 0 Å². The first kappa shape index (κ1) is 7.92. The van der Waals surface area contributed by atoms with Crippen LogP contribution in [0.25, 0.3) is 0 Å². The zero-order chi connectivity index (χ0) is 6.57. The molecule has 0 aliphatic carbocycles. The van der Waals surface area contributed by atoms with E-state index in [9.17, 15) is 0 Å². The summed E-state index contributed by atoms with van der Waals surface area (Å²) in [5, 5.41) is 3.42. The summed E-state index contributed by atoms with van der Waals surface area (Å²) < 4.78 is 0. The van der Waals surface area contributed by atoms with Crippen LogP contribution in [0.4, 0.5) is 0 Å². The van der Waals surface area contributed by atoms with Gasteiger partial charge in [-0.3, -0.25) is 0 Å². The third kappa shape index (κ3) is 5.92. The minimum absolute atomic E-state index is 0.566. The molecule has 1 N–H and O–H groups in total. The largest absolute Gasteiger partial charge is 0.375 e. The highest BCUT2D eigenvalue weighted by Gasteiger charge is 1.85. The SMILES string of the molecule is C=C(Cl)CNC(C)=S. The molecule has 0 fully saturated rings. The van der Waals surface area contributed by atoms with Crippen molar-refractivity contribution in [2.24, 2.45) is 0 Å². The van der Waals surface area contributed by atoms with Gasteiger partial charge in [-0.15, -0.1) is 0 Å². The number of hydrogen-bond acceptors (Lipinski definition) is 1. The van der Waals surface area contributed by atoms with E-state index >= 15 is 0 Å². The molecule has 8 heavy (non-hydrogen) atoms. The van der Waals surface area contributed by atoms with Gasteiger partial charge in [-0.05, 0) is 6.92 Å². The predicted octanol–water partition coefficient (Wildman–Crippen LogP) is 1.68. The Hall–Kier alpha value is -0.0800. The average Bonchev–Trinajstić information content (AvgIpc) is 1.61. The summed E-state index contributed by atoms with van der Waals surface area (Å²) in [7, 11) is 0. The fourth-order valence-electron chi connectivity index (χ4n) is 0.220. The Morgan fingerprint density at radius 1 is 1.88 bits per heavy atom. The van der Waals surface area contributed by atoms with E-state index in [4.69, 9.17) is 23.8 Å². The third-order valence-corrected chi connectivity index (χ3v) is 0.807. The molecule has 0 saturated heterocycles. The summed E-state index contributed by atoms with van der Waals surface area (Å²) in [6.07, 6.45) is 0. The summed E-state index contributed by atoms with van der Waals surface area (Å²) in [5.74, 6) is 0. The van der Waals surface area contributed by atoms with Gasteiger partial charge in [0.25, 0.3) is 0 Å². The summed E-state index contributed by atoms with van der Waals surface area (Å²) in [5.41, 5.74) is 0. The first-order chi connectivity index (χ1) is 3.63. The van der Waals surface area contributed by atoms with E-state index < -0.39 is 0 Å². The molecule has 0 amide bonds. The molecule has 0 radical (unpaired) electrons. The fraction of sp³-hybridized carbons (Fsp3) is 0.400. The minimum atomic E-state index is 0.566. The third-order valence-electron chi connectivity index (χ3n) is 0.529. The van der Waals surface area contributed by atoms with Crippen LogP contribution in [0.5, 0.6) is 0 Å². The van der Waals surface area contributed by atoms with Gasteiger partial charge >= 0.3 is 0 Å². The van der Waals surface area contributed by atoms with Gasteiger partial charge in [0.2, 0.25) is 0 Å². The molecule has 0 aliphatic rings. The Balaban J connectivity index is 3.18. The summed E-state index contributed by atoms with van der Waals surface area (Å²) in [6.45, 7) is 5.84. The Labute approximate surface area is 59.7 Å². The highest BCUT2D eigenvalue weighted by Crippen LogP contribution is 1.91. The quantitative estimate of drug-likeness (QED) is 0.600. The van der Waals surface area contributed by atoms with E-state index in [2.05, 4.69) is 11.9 Å². The molecule has 0 atom stereocenters. The van der Waals surface area contributed by atoms with E-state index in [0.29, 0.717) is 11.6 Å². The molecule has 46 valence electrons. The van der Waals surface area contributed by atoms with Gasteiger partial charge in [0.1, 0.15) is 0 Å². The first-order valence-electron chi connectivity index (χ1n) is 2.20. The van der Waals surface area contributed by atoms with Crippen molar-refractivity contribution in [3.63, 3.8) is 0 Å². The lowest BCUT2D eigenvalue weighted by atomic mass is 10.6. The molecule has 0 rings (SSSR count). The van der Waals surface area contributed by atoms with Crippen molar-refractivity contribution in [3.8, 4) is 0 Å². The van der Waals surface area contributed by atoms with E-state index in [1.54, 1.807) is 6.92 Å². The van der Waals surface area contributed by atoms with Crippen molar-refractivity contribution in [2.45, 2.75) is 6.92 Å². The monoisotopic (exact) mass is 149 g/mol. The molecule has 0 unspecified atom stereocenters. The molecular weight excluding hydrogens is 142 g/mol. The first-order valence-corrected chi connectivity index (χ1v) is 2.99. The Morgan fingerprint density at radius 3 is 2.50 bits per heavy atom. The van der Waals surface area contributed by atoms with Crippen molar-refractivity contribution in [2.75, 3.05) is 6.54 Å². The lowest BCUT2D eigenvalue weighted by molar-refractivity contribution is 1.04. The Bertz CT molecular complexity index is 97.0. The van der Waals surface area contributed by atoms with Crippen LogP contribution in [0.1, 0.15) is 6.92 Å². The van der Waals surface area contributed by atoms with Crippen molar-refractivity contribution in [1.29, 1.82) is 0 Å². The van der Waals surface area contributed by atoms with Gasteiger partial charge in [0, 0.05) is 5.03 Å². The molecule has 0 heterocycles. The number of rotatable bonds is 2. The van der Waals surface area contributed by atoms with Crippen LogP contribution in [0.2, 0.25) is 0 Å². The van der Waals surface area contributed by atoms with Gasteiger partial charge in [0.05, 0.1) is 11.5 Å². The molecule has 0 aromatic rings. The number of nitrogens with one attached hydrogen (secondary N) is 1. The highest BCUT2D eigenvalue weighted by atomic mass is 35.5. The lowest BCUT2D eigenvalue weighted by Gasteiger charge is -1.98. The summed E-state index contributed by atoms with van der Waals surface area (Å²) >= 11 is 10.1. The van der Waals surface area contributed by atoms with Gasteiger partial charge in [-0.25, -0.2) is 0 Å². The van der Waals surface area contributed by atoms with Crippen molar-refractivity contribution < 1.29 is 0 Å². The smallest absolute Gasteiger partial charge is 0.0724 e. The molecule has 0 spiro atoms. The zero-order valence-corrected chi connectivity index (χ0v) is 6.27. The maximum absolute atomic E-state index is 5.41. The second-order valence-electron chi connectivity index (χ2n) is 1.43. The molecule has 0 aromatic heterocycles. The van der Waals surface area contributed by atoms with Gasteiger partial charge in [0.15, 0.2) is 0 Å². The molecule has 0 bridgehead atoms. The van der Waals surface area contributed by atoms with Crippen LogP contribution in [0.3, 0.4) is 0 Å². The van der Waals surface area contributed by atoms with E-state index in [1.165, 1.54) is 0 Å². The van der Waals surface area contributed by atoms with E-state index in [0.717, 1.165) is 4.99 Å². The van der Waals surface area contributed by atoms with Crippen molar-refractivity contribution in [1.82, 2.24) is 5.32 Å². The normalized spacial score (nSPS) is 8.25. The maximum Gasteiger partial charge on any atom is 0.0724 e. The zero-order valence-electron chi connectivity index (χ0n) is 4.70. The standard InChI is InChI=1S/C5H8ClNS/c1-4(6)3-7-5(2)8/h1,3H2,2H3,(H,7,8). The molecule has 0 aliphatic heterocycles. The van der Waals surface area contributed by atoms with Crippen LogP contribution in [0, 0.1) is 0 Å². The Kier molecular flexibility index (Phi) is 3.83. The second-order valence-corrected chi connectivity index (χ2v) is 2.57. The fourth-order valence-corrected chi connectivity index (χ4v) is 0.359. The summed E-state index contributed by atoms with van der Waals surface area (Å²) in [4.78, 5) is 0.742. The van der Waals surface area contributed by atoms with E-state index in [-0.39, 0.29) is 0 Å². The molecule has 0 aromatic carbocycles. The van der Waals surface area contributed by atoms with Crippen molar-refractivity contribution in [3.05, 3.63) is 11.6 Å². The maximum atomic E-state index is 5.41. The molecule has 0 saturated carbocycles. The van der Waals surface area contributed by atoms with Gasteiger partial charge in [-0.1, -0.05) is 30.4 Å². The van der Waals surface area contributed by atoms with E-state index in [1.807, 2.05) is 0 Å². The minimum Gasteiger partial charge on any atom is -0.375 e. The van der Waals surface area contributed by atoms with Gasteiger partial charge in [-0.2, -0.15) is 0 Å². The van der Waals surface area contributed by atoms with Gasteiger partial charge < -0.3 is 5.32 Å². The lowest BCUT2D eigenvalue weighted by Crippen LogP contribution is -2.18. The number of halogens is 1. The summed E-state index contributed by atoms with van der Waals surface area (Å²) in [6, 6.07) is 0. The second kappa shape index (κ2) is 3.87. The topological polar surface area (TPSA) is 12.0 Å². The molecule has 1 nitrogen and oxygen atoms in total.